The molecule has 18 heavy (non-hydrogen) atoms. The summed E-state index contributed by atoms with van der Waals surface area (Å²) >= 11 is 6.13. The Morgan fingerprint density at radius 1 is 1.44 bits per heavy atom. The largest absolute Gasteiger partial charge is 0.454 e. The Morgan fingerprint density at radius 2 is 2.22 bits per heavy atom. The molecule has 1 aromatic rings. The van der Waals surface area contributed by atoms with Crippen molar-refractivity contribution in [3.05, 3.63) is 22.7 Å². The summed E-state index contributed by atoms with van der Waals surface area (Å²) in [5.74, 6) is 1.22. The van der Waals surface area contributed by atoms with Crippen LogP contribution in [0.25, 0.3) is 0 Å². The third kappa shape index (κ3) is 2.71. The Kier molecular flexibility index (Phi) is 4.32. The van der Waals surface area contributed by atoms with Gasteiger partial charge in [-0.25, -0.2) is 0 Å². The van der Waals surface area contributed by atoms with Crippen LogP contribution in [0.1, 0.15) is 31.9 Å². The second-order valence-corrected chi connectivity index (χ2v) is 4.85. The number of aliphatic hydroxyl groups is 1. The zero-order valence-electron chi connectivity index (χ0n) is 10.6. The molecule has 2 rings (SSSR count). The van der Waals surface area contributed by atoms with E-state index >= 15 is 0 Å². The first-order chi connectivity index (χ1) is 8.65. The predicted molar refractivity (Wildman–Crippen MR) is 70.3 cm³/mol. The molecule has 4 nitrogen and oxygen atoms in total. The van der Waals surface area contributed by atoms with E-state index < -0.39 is 0 Å². The number of benzene rings is 1. The van der Waals surface area contributed by atoms with Crippen LogP contribution in [0.3, 0.4) is 0 Å². The van der Waals surface area contributed by atoms with E-state index in [-0.39, 0.29) is 19.4 Å². The predicted octanol–water partition coefficient (Wildman–Crippen LogP) is 2.49. The third-order valence-corrected chi connectivity index (χ3v) is 3.41. The molecule has 1 aromatic carbocycles. The average molecular weight is 272 g/mol. The van der Waals surface area contributed by atoms with Crippen molar-refractivity contribution < 1.29 is 14.6 Å². The van der Waals surface area contributed by atoms with Crippen molar-refractivity contribution in [1.82, 2.24) is 5.32 Å². The summed E-state index contributed by atoms with van der Waals surface area (Å²) in [6.07, 6.45) is 0.995. The highest BCUT2D eigenvalue weighted by atomic mass is 35.5. The Balaban J connectivity index is 2.23. The first-order valence-electron chi connectivity index (χ1n) is 6.11. The zero-order valence-corrected chi connectivity index (χ0v) is 11.3. The van der Waals surface area contributed by atoms with Crippen LogP contribution in [0.2, 0.25) is 5.02 Å². The molecule has 1 aliphatic heterocycles. The lowest BCUT2D eigenvalue weighted by atomic mass is 10.1. The van der Waals surface area contributed by atoms with E-state index in [2.05, 4.69) is 19.2 Å². The van der Waals surface area contributed by atoms with Crippen molar-refractivity contribution in [1.29, 1.82) is 0 Å². The van der Waals surface area contributed by atoms with Crippen LogP contribution in [0.5, 0.6) is 11.5 Å². The molecule has 0 aliphatic carbocycles. The van der Waals surface area contributed by atoms with Crippen LogP contribution in [0.4, 0.5) is 0 Å². The van der Waals surface area contributed by atoms with Crippen LogP contribution in [0, 0.1) is 0 Å². The summed E-state index contributed by atoms with van der Waals surface area (Å²) in [5, 5.41) is 13.3. The van der Waals surface area contributed by atoms with E-state index in [1.54, 1.807) is 0 Å². The van der Waals surface area contributed by atoms with Crippen LogP contribution in [-0.4, -0.2) is 24.5 Å². The van der Waals surface area contributed by atoms with Crippen LogP contribution in [-0.2, 0) is 0 Å². The van der Waals surface area contributed by atoms with E-state index in [1.807, 2.05) is 12.1 Å². The maximum absolute atomic E-state index is 9.49. The maximum Gasteiger partial charge on any atom is 0.231 e. The Hall–Kier alpha value is -0.970. The topological polar surface area (TPSA) is 50.7 Å². The van der Waals surface area contributed by atoms with E-state index in [0.717, 1.165) is 12.0 Å². The summed E-state index contributed by atoms with van der Waals surface area (Å²) in [5.41, 5.74) is 0.909. The van der Waals surface area contributed by atoms with Gasteiger partial charge in [0.05, 0.1) is 17.7 Å². The van der Waals surface area contributed by atoms with Gasteiger partial charge in [-0.2, -0.15) is 0 Å². The number of nitrogens with one attached hydrogen (secondary N) is 1. The Bertz CT molecular complexity index is 425. The van der Waals surface area contributed by atoms with E-state index in [0.29, 0.717) is 22.6 Å². The highest BCUT2D eigenvalue weighted by Gasteiger charge is 2.21. The number of hydrogen-bond donors (Lipinski definition) is 2. The number of ether oxygens (including phenoxy) is 2. The molecular weight excluding hydrogens is 254 g/mol. The molecule has 0 spiro atoms. The molecule has 0 aromatic heterocycles. The lowest BCUT2D eigenvalue weighted by molar-refractivity contribution is 0.174. The fourth-order valence-electron chi connectivity index (χ4n) is 1.90. The molecule has 2 atom stereocenters. The van der Waals surface area contributed by atoms with Gasteiger partial charge in [-0.15, -0.1) is 0 Å². The van der Waals surface area contributed by atoms with E-state index in [1.165, 1.54) is 0 Å². The highest BCUT2D eigenvalue weighted by Crippen LogP contribution is 2.41. The molecule has 0 bridgehead atoms. The first-order valence-corrected chi connectivity index (χ1v) is 6.49. The molecule has 0 saturated carbocycles. The highest BCUT2D eigenvalue weighted by molar-refractivity contribution is 6.32. The van der Waals surface area contributed by atoms with Gasteiger partial charge in [-0.05, 0) is 31.0 Å². The van der Waals surface area contributed by atoms with Crippen LogP contribution in [0.15, 0.2) is 12.1 Å². The maximum atomic E-state index is 9.49. The zero-order chi connectivity index (χ0) is 13.1. The van der Waals surface area contributed by atoms with Crippen molar-refractivity contribution >= 4 is 11.6 Å². The van der Waals surface area contributed by atoms with Crippen molar-refractivity contribution in [3.63, 3.8) is 0 Å². The van der Waals surface area contributed by atoms with Crippen molar-refractivity contribution in [2.75, 3.05) is 13.4 Å². The normalized spacial score (nSPS) is 16.7. The van der Waals surface area contributed by atoms with Gasteiger partial charge in [0.2, 0.25) is 6.79 Å². The summed E-state index contributed by atoms with van der Waals surface area (Å²) in [7, 11) is 0. The minimum Gasteiger partial charge on any atom is -0.454 e. The number of halogens is 1. The second-order valence-electron chi connectivity index (χ2n) is 4.45. The molecule has 1 aliphatic rings. The van der Waals surface area contributed by atoms with E-state index in [9.17, 15) is 5.11 Å². The summed E-state index contributed by atoms with van der Waals surface area (Å²) < 4.78 is 10.6. The minimum absolute atomic E-state index is 0.0142. The lowest BCUT2D eigenvalue weighted by Gasteiger charge is -2.21. The fraction of sp³-hybridized carbons (Fsp3) is 0.538. The van der Waals surface area contributed by atoms with Gasteiger partial charge in [0.15, 0.2) is 11.5 Å². The molecule has 100 valence electrons. The lowest BCUT2D eigenvalue weighted by Crippen LogP contribution is -2.32. The third-order valence-electron chi connectivity index (χ3n) is 3.13. The van der Waals surface area contributed by atoms with Gasteiger partial charge in [0.1, 0.15) is 0 Å². The number of hydrogen-bond acceptors (Lipinski definition) is 4. The first kappa shape index (κ1) is 13.5. The molecule has 1 heterocycles. The number of aliphatic hydroxyl groups excluding tert-OH is 1. The number of fused-ring (bicyclic) bond motifs is 1. The van der Waals surface area contributed by atoms with Gasteiger partial charge < -0.3 is 19.9 Å². The van der Waals surface area contributed by atoms with Crippen molar-refractivity contribution in [2.45, 2.75) is 32.4 Å². The molecule has 0 fully saturated rings. The van der Waals surface area contributed by atoms with Crippen molar-refractivity contribution in [2.24, 2.45) is 0 Å². The Labute approximate surface area is 112 Å². The van der Waals surface area contributed by atoms with Gasteiger partial charge in [-0.3, -0.25) is 0 Å². The quantitative estimate of drug-likeness (QED) is 0.864. The minimum atomic E-state index is -0.146. The van der Waals surface area contributed by atoms with Crippen LogP contribution >= 0.6 is 11.6 Å². The molecule has 0 radical (unpaired) electrons. The standard InChI is InChI=1S/C13H18ClNO3/c1-3-8(2)15-11(6-16)9-4-10(14)13-12(5-9)17-7-18-13/h4-5,8,11,15-16H,3,6-7H2,1-2H3. The molecule has 5 heteroatoms. The second kappa shape index (κ2) is 5.78. The summed E-state index contributed by atoms with van der Waals surface area (Å²) in [4.78, 5) is 0. The fourth-order valence-corrected chi connectivity index (χ4v) is 2.18. The molecule has 2 N–H and O–H groups in total. The van der Waals surface area contributed by atoms with Gasteiger partial charge in [0, 0.05) is 6.04 Å². The molecule has 2 unspecified atom stereocenters. The van der Waals surface area contributed by atoms with E-state index in [4.69, 9.17) is 21.1 Å². The number of rotatable bonds is 5. The SMILES string of the molecule is CCC(C)NC(CO)c1cc(Cl)c2c(c1)OCO2. The summed E-state index contributed by atoms with van der Waals surface area (Å²) in [6.45, 7) is 4.39. The van der Waals surface area contributed by atoms with Gasteiger partial charge >= 0.3 is 0 Å². The van der Waals surface area contributed by atoms with Gasteiger partial charge in [0.25, 0.3) is 0 Å². The van der Waals surface area contributed by atoms with Crippen molar-refractivity contribution in [3.8, 4) is 11.5 Å². The van der Waals surface area contributed by atoms with Gasteiger partial charge in [-0.1, -0.05) is 18.5 Å². The smallest absolute Gasteiger partial charge is 0.231 e. The Morgan fingerprint density at radius 3 is 2.89 bits per heavy atom. The molecule has 0 amide bonds. The van der Waals surface area contributed by atoms with Crippen LogP contribution < -0.4 is 14.8 Å². The molecular formula is C13H18ClNO3. The monoisotopic (exact) mass is 271 g/mol. The average Bonchev–Trinajstić information content (AvgIpc) is 2.84. The molecule has 0 saturated heterocycles. The summed E-state index contributed by atoms with van der Waals surface area (Å²) in [6, 6.07) is 3.86.